The molecule has 8 heteroatoms. The fourth-order valence-electron chi connectivity index (χ4n) is 3.36. The van der Waals surface area contributed by atoms with Gasteiger partial charge < -0.3 is 10.1 Å². The van der Waals surface area contributed by atoms with Crippen molar-refractivity contribution in [3.63, 3.8) is 0 Å². The van der Waals surface area contributed by atoms with E-state index < -0.39 is 17.6 Å². The summed E-state index contributed by atoms with van der Waals surface area (Å²) in [5.41, 5.74) is 0.411. The Labute approximate surface area is 185 Å². The third-order valence-electron chi connectivity index (χ3n) is 5.04. The zero-order chi connectivity index (χ0) is 23.3. The lowest BCUT2D eigenvalue weighted by molar-refractivity contribution is -0.116. The van der Waals surface area contributed by atoms with E-state index in [1.807, 2.05) is 13.8 Å². The first kappa shape index (κ1) is 23.0. The van der Waals surface area contributed by atoms with Gasteiger partial charge in [0, 0.05) is 12.2 Å². The fourth-order valence-corrected chi connectivity index (χ4v) is 3.36. The van der Waals surface area contributed by atoms with Crippen molar-refractivity contribution in [1.29, 1.82) is 0 Å². The molecule has 1 heterocycles. The number of amides is 1. The number of carbonyl (C=O) groups excluding carboxylic acids is 2. The largest absolute Gasteiger partial charge is 0.462 e. The van der Waals surface area contributed by atoms with Gasteiger partial charge in [-0.15, -0.1) is 0 Å². The van der Waals surface area contributed by atoms with E-state index >= 15 is 0 Å². The van der Waals surface area contributed by atoms with Gasteiger partial charge in [-0.25, -0.2) is 9.59 Å². The molecule has 1 amide bonds. The first-order valence-corrected chi connectivity index (χ1v) is 10.6. The molecule has 3 aromatic rings. The standard InChI is InChI=1S/C24H27N3O5/c1-4-32-23(30)17-9-11-18(12-10-17)25-21(28)15-27-20-8-6-5-7-19(20)22(29)26(24(27)31)14-13-16(2)3/h5-12,16H,4,13-15H2,1-3H3,(H,25,28). The van der Waals surface area contributed by atoms with Crippen molar-refractivity contribution in [3.05, 3.63) is 74.9 Å². The Bertz CT molecular complexity index is 1240. The van der Waals surface area contributed by atoms with E-state index in [0.717, 1.165) is 0 Å². The second-order valence-corrected chi connectivity index (χ2v) is 7.87. The highest BCUT2D eigenvalue weighted by Crippen LogP contribution is 2.12. The summed E-state index contributed by atoms with van der Waals surface area (Å²) in [5, 5.41) is 3.12. The molecule has 0 aliphatic heterocycles. The van der Waals surface area contributed by atoms with Crippen LogP contribution < -0.4 is 16.6 Å². The molecule has 0 fully saturated rings. The Kier molecular flexibility index (Phi) is 7.25. The molecular formula is C24H27N3O5. The van der Waals surface area contributed by atoms with Crippen molar-refractivity contribution >= 4 is 28.5 Å². The number of aromatic nitrogens is 2. The minimum Gasteiger partial charge on any atom is -0.462 e. The number of carbonyl (C=O) groups is 2. The van der Waals surface area contributed by atoms with Crippen LogP contribution in [0.15, 0.2) is 58.1 Å². The Morgan fingerprint density at radius 2 is 1.69 bits per heavy atom. The lowest BCUT2D eigenvalue weighted by atomic mass is 10.1. The average Bonchev–Trinajstić information content (AvgIpc) is 2.77. The lowest BCUT2D eigenvalue weighted by Crippen LogP contribution is -2.42. The normalized spacial score (nSPS) is 11.0. The van der Waals surface area contributed by atoms with Gasteiger partial charge in [0.15, 0.2) is 0 Å². The number of fused-ring (bicyclic) bond motifs is 1. The van der Waals surface area contributed by atoms with Crippen LogP contribution in [0.25, 0.3) is 10.9 Å². The molecule has 32 heavy (non-hydrogen) atoms. The summed E-state index contributed by atoms with van der Waals surface area (Å²) in [7, 11) is 0. The molecule has 0 bridgehead atoms. The zero-order valence-electron chi connectivity index (χ0n) is 18.5. The highest BCUT2D eigenvalue weighted by atomic mass is 16.5. The SMILES string of the molecule is CCOC(=O)c1ccc(NC(=O)Cn2c(=O)n(CCC(C)C)c(=O)c3ccccc32)cc1. The fraction of sp³-hybridized carbons (Fsp3) is 0.333. The molecule has 0 radical (unpaired) electrons. The number of ether oxygens (including phenoxy) is 1. The summed E-state index contributed by atoms with van der Waals surface area (Å²) in [6.45, 7) is 6.08. The van der Waals surface area contributed by atoms with Crippen LogP contribution in [0.5, 0.6) is 0 Å². The predicted molar refractivity (Wildman–Crippen MR) is 123 cm³/mol. The van der Waals surface area contributed by atoms with Crippen molar-refractivity contribution < 1.29 is 14.3 Å². The van der Waals surface area contributed by atoms with Crippen molar-refractivity contribution in [2.24, 2.45) is 5.92 Å². The molecule has 3 rings (SSSR count). The molecule has 0 atom stereocenters. The second-order valence-electron chi connectivity index (χ2n) is 7.87. The summed E-state index contributed by atoms with van der Waals surface area (Å²) >= 11 is 0. The van der Waals surface area contributed by atoms with Crippen LogP contribution in [0, 0.1) is 5.92 Å². The topological polar surface area (TPSA) is 99.4 Å². The lowest BCUT2D eigenvalue weighted by Gasteiger charge is -2.15. The number of hydrogen-bond acceptors (Lipinski definition) is 5. The number of anilines is 1. The Balaban J connectivity index is 1.88. The third kappa shape index (κ3) is 5.14. The van der Waals surface area contributed by atoms with Crippen LogP contribution >= 0.6 is 0 Å². The van der Waals surface area contributed by atoms with Gasteiger partial charge in [0.25, 0.3) is 5.56 Å². The average molecular weight is 437 g/mol. The van der Waals surface area contributed by atoms with Crippen LogP contribution in [0.2, 0.25) is 0 Å². The molecule has 0 unspecified atom stereocenters. The molecule has 0 saturated carbocycles. The Morgan fingerprint density at radius 1 is 1.00 bits per heavy atom. The van der Waals surface area contributed by atoms with Crippen molar-refractivity contribution in [3.8, 4) is 0 Å². The van der Waals surface area contributed by atoms with Gasteiger partial charge in [-0.3, -0.25) is 18.7 Å². The maximum absolute atomic E-state index is 13.1. The Morgan fingerprint density at radius 3 is 2.34 bits per heavy atom. The number of hydrogen-bond donors (Lipinski definition) is 1. The van der Waals surface area contributed by atoms with E-state index in [-0.39, 0.29) is 25.3 Å². The number of esters is 1. The van der Waals surface area contributed by atoms with Crippen LogP contribution in [0.3, 0.4) is 0 Å². The maximum atomic E-state index is 13.1. The molecule has 1 aromatic heterocycles. The van der Waals surface area contributed by atoms with Crippen molar-refractivity contribution in [2.75, 3.05) is 11.9 Å². The summed E-state index contributed by atoms with van der Waals surface area (Å²) < 4.78 is 7.46. The molecule has 1 N–H and O–H groups in total. The maximum Gasteiger partial charge on any atom is 0.338 e. The quantitative estimate of drug-likeness (QED) is 0.546. The first-order valence-electron chi connectivity index (χ1n) is 10.6. The summed E-state index contributed by atoms with van der Waals surface area (Å²) in [6.07, 6.45) is 0.673. The number of nitrogens with one attached hydrogen (secondary N) is 1. The van der Waals surface area contributed by atoms with Crippen LogP contribution in [0.4, 0.5) is 5.69 Å². The van der Waals surface area contributed by atoms with Gasteiger partial charge in [0.2, 0.25) is 5.91 Å². The second kappa shape index (κ2) is 10.1. The van der Waals surface area contributed by atoms with Gasteiger partial charge in [-0.1, -0.05) is 26.0 Å². The molecule has 0 aliphatic rings. The molecule has 168 valence electrons. The molecule has 8 nitrogen and oxygen atoms in total. The highest BCUT2D eigenvalue weighted by Gasteiger charge is 2.16. The number of para-hydroxylation sites is 1. The minimum atomic E-state index is -0.512. The van der Waals surface area contributed by atoms with Crippen LogP contribution in [-0.2, 0) is 22.6 Å². The van der Waals surface area contributed by atoms with Crippen molar-refractivity contribution in [2.45, 2.75) is 40.3 Å². The minimum absolute atomic E-state index is 0.249. The van der Waals surface area contributed by atoms with Gasteiger partial charge in [0.1, 0.15) is 6.54 Å². The zero-order valence-corrected chi connectivity index (χ0v) is 18.5. The van der Waals surface area contributed by atoms with Crippen molar-refractivity contribution in [1.82, 2.24) is 9.13 Å². The number of benzene rings is 2. The highest BCUT2D eigenvalue weighted by molar-refractivity contribution is 5.93. The van der Waals surface area contributed by atoms with E-state index in [2.05, 4.69) is 5.32 Å². The van der Waals surface area contributed by atoms with E-state index in [4.69, 9.17) is 4.74 Å². The summed E-state index contributed by atoms with van der Waals surface area (Å²) in [4.78, 5) is 50.4. The van der Waals surface area contributed by atoms with E-state index in [1.54, 1.807) is 55.5 Å². The molecule has 2 aromatic carbocycles. The predicted octanol–water partition coefficient (Wildman–Crippen LogP) is 3.02. The van der Waals surface area contributed by atoms with Crippen LogP contribution in [0.1, 0.15) is 37.6 Å². The summed E-state index contributed by atoms with van der Waals surface area (Å²) in [6, 6.07) is 13.1. The van der Waals surface area contributed by atoms with Gasteiger partial charge in [-0.2, -0.15) is 0 Å². The number of nitrogens with zero attached hydrogens (tertiary/aromatic N) is 2. The van der Waals surface area contributed by atoms with Gasteiger partial charge in [0.05, 0.1) is 23.1 Å². The Hall–Kier alpha value is -3.68. The van der Waals surface area contributed by atoms with Gasteiger partial charge >= 0.3 is 11.7 Å². The molecular weight excluding hydrogens is 410 g/mol. The van der Waals surface area contributed by atoms with Crippen LogP contribution in [-0.4, -0.2) is 27.6 Å². The molecule has 0 aliphatic carbocycles. The monoisotopic (exact) mass is 437 g/mol. The first-order chi connectivity index (χ1) is 15.3. The van der Waals surface area contributed by atoms with Gasteiger partial charge in [-0.05, 0) is 55.7 Å². The number of rotatable bonds is 8. The van der Waals surface area contributed by atoms with E-state index in [0.29, 0.717) is 34.5 Å². The third-order valence-corrected chi connectivity index (χ3v) is 5.04. The molecule has 0 spiro atoms. The van der Waals surface area contributed by atoms with E-state index in [1.165, 1.54) is 9.13 Å². The summed E-state index contributed by atoms with van der Waals surface area (Å²) in [5.74, 6) is -0.538. The van der Waals surface area contributed by atoms with E-state index in [9.17, 15) is 19.2 Å². The smallest absolute Gasteiger partial charge is 0.338 e. The molecule has 0 saturated heterocycles.